The van der Waals surface area contributed by atoms with E-state index in [-0.39, 0.29) is 5.97 Å². The summed E-state index contributed by atoms with van der Waals surface area (Å²) < 4.78 is 4.60. The first-order valence-corrected chi connectivity index (χ1v) is 6.68. The van der Waals surface area contributed by atoms with Gasteiger partial charge in [0.2, 0.25) is 0 Å². The molecule has 3 heteroatoms. The Balaban J connectivity index is 1.81. The van der Waals surface area contributed by atoms with E-state index in [4.69, 9.17) is 0 Å². The zero-order valence-corrected chi connectivity index (χ0v) is 11.0. The third-order valence-corrected chi connectivity index (χ3v) is 3.48. The van der Waals surface area contributed by atoms with Crippen LogP contribution >= 0.6 is 0 Å². The molecule has 0 unspecified atom stereocenters. The second kappa shape index (κ2) is 6.55. The van der Waals surface area contributed by atoms with Crippen molar-refractivity contribution in [2.45, 2.75) is 38.6 Å². The topological polar surface area (TPSA) is 38.3 Å². The zero-order chi connectivity index (χ0) is 12.8. The molecule has 0 aromatic heterocycles. The van der Waals surface area contributed by atoms with Crippen LogP contribution in [-0.2, 0) is 28.9 Å². The van der Waals surface area contributed by atoms with Gasteiger partial charge in [0.1, 0.15) is 0 Å². The van der Waals surface area contributed by atoms with Gasteiger partial charge in [-0.1, -0.05) is 18.2 Å². The summed E-state index contributed by atoms with van der Waals surface area (Å²) in [4.78, 5) is 11.0. The van der Waals surface area contributed by atoms with Gasteiger partial charge in [-0.2, -0.15) is 0 Å². The molecule has 0 bridgehead atoms. The summed E-state index contributed by atoms with van der Waals surface area (Å²) in [5.74, 6) is -0.159. The summed E-state index contributed by atoms with van der Waals surface area (Å²) in [5, 5.41) is 3.27. The molecule has 3 nitrogen and oxygen atoms in total. The van der Waals surface area contributed by atoms with Crippen LogP contribution in [0.25, 0.3) is 0 Å². The predicted octanol–water partition coefficient (Wildman–Crippen LogP) is 2.22. The van der Waals surface area contributed by atoms with E-state index in [1.165, 1.54) is 49.5 Å². The van der Waals surface area contributed by atoms with Crippen molar-refractivity contribution in [2.75, 3.05) is 13.7 Å². The van der Waals surface area contributed by atoms with E-state index in [9.17, 15) is 4.79 Å². The molecule has 0 fully saturated rings. The molecule has 0 aliphatic heterocycles. The number of esters is 1. The van der Waals surface area contributed by atoms with Crippen molar-refractivity contribution < 1.29 is 9.53 Å². The highest BCUT2D eigenvalue weighted by Gasteiger charge is 2.09. The number of carbonyl (C=O) groups is 1. The Bertz CT molecular complexity index is 415. The number of fused-ring (bicyclic) bond motifs is 1. The average molecular weight is 247 g/mol. The van der Waals surface area contributed by atoms with E-state index < -0.39 is 0 Å². The Morgan fingerprint density at radius 1 is 1.28 bits per heavy atom. The van der Waals surface area contributed by atoms with Crippen molar-refractivity contribution in [3.05, 3.63) is 34.9 Å². The highest BCUT2D eigenvalue weighted by molar-refractivity contribution is 5.69. The van der Waals surface area contributed by atoms with Gasteiger partial charge in [0.25, 0.3) is 0 Å². The molecule has 0 saturated heterocycles. The second-order valence-corrected chi connectivity index (χ2v) is 4.81. The highest BCUT2D eigenvalue weighted by atomic mass is 16.5. The molecule has 0 heterocycles. The standard InChI is InChI=1S/C15H21NO2/c1-18-15(17)8-9-16-11-12-6-7-13-4-2-3-5-14(13)10-12/h6-7,10,16H,2-5,8-9,11H2,1H3. The van der Waals surface area contributed by atoms with Gasteiger partial charge in [-0.25, -0.2) is 0 Å². The molecular formula is C15H21NO2. The third-order valence-electron chi connectivity index (χ3n) is 3.48. The molecule has 2 rings (SSSR count). The van der Waals surface area contributed by atoms with Crippen LogP contribution in [0.15, 0.2) is 18.2 Å². The maximum Gasteiger partial charge on any atom is 0.306 e. The van der Waals surface area contributed by atoms with E-state index in [0.717, 1.165) is 6.54 Å². The van der Waals surface area contributed by atoms with Gasteiger partial charge in [0.05, 0.1) is 13.5 Å². The monoisotopic (exact) mass is 247 g/mol. The molecule has 1 aromatic carbocycles. The van der Waals surface area contributed by atoms with E-state index in [2.05, 4.69) is 28.3 Å². The van der Waals surface area contributed by atoms with Gasteiger partial charge in [-0.3, -0.25) is 4.79 Å². The van der Waals surface area contributed by atoms with E-state index >= 15 is 0 Å². The predicted molar refractivity (Wildman–Crippen MR) is 71.4 cm³/mol. The molecular weight excluding hydrogens is 226 g/mol. The number of rotatable bonds is 5. The fraction of sp³-hybridized carbons (Fsp3) is 0.533. The number of ether oxygens (including phenoxy) is 1. The van der Waals surface area contributed by atoms with Crippen molar-refractivity contribution >= 4 is 5.97 Å². The quantitative estimate of drug-likeness (QED) is 0.640. The first kappa shape index (κ1) is 13.1. The maximum atomic E-state index is 11.0. The Labute approximate surface area is 109 Å². The number of hydrogen-bond donors (Lipinski definition) is 1. The maximum absolute atomic E-state index is 11.0. The lowest BCUT2D eigenvalue weighted by Gasteiger charge is -2.16. The molecule has 1 aromatic rings. The second-order valence-electron chi connectivity index (χ2n) is 4.81. The normalized spacial score (nSPS) is 14.1. The Hall–Kier alpha value is -1.35. The fourth-order valence-electron chi connectivity index (χ4n) is 2.42. The van der Waals surface area contributed by atoms with Gasteiger partial charge in [-0.05, 0) is 42.4 Å². The first-order valence-electron chi connectivity index (χ1n) is 6.68. The number of carbonyl (C=O) groups excluding carboxylic acids is 1. The van der Waals surface area contributed by atoms with Crippen LogP contribution in [0, 0.1) is 0 Å². The lowest BCUT2D eigenvalue weighted by Crippen LogP contribution is -2.18. The van der Waals surface area contributed by atoms with Crippen molar-refractivity contribution in [2.24, 2.45) is 0 Å². The minimum absolute atomic E-state index is 0.159. The molecule has 1 N–H and O–H groups in total. The minimum atomic E-state index is -0.159. The number of nitrogens with one attached hydrogen (secondary N) is 1. The molecule has 0 amide bonds. The summed E-state index contributed by atoms with van der Waals surface area (Å²) in [5.41, 5.74) is 4.33. The lowest BCUT2D eigenvalue weighted by atomic mass is 9.90. The Kier molecular flexibility index (Phi) is 4.76. The number of methoxy groups -OCH3 is 1. The molecule has 0 spiro atoms. The SMILES string of the molecule is COC(=O)CCNCc1ccc2c(c1)CCCC2. The van der Waals surface area contributed by atoms with Crippen LogP contribution < -0.4 is 5.32 Å². The zero-order valence-electron chi connectivity index (χ0n) is 11.0. The highest BCUT2D eigenvalue weighted by Crippen LogP contribution is 2.22. The van der Waals surface area contributed by atoms with Gasteiger partial charge >= 0.3 is 5.97 Å². The molecule has 0 atom stereocenters. The van der Waals surface area contributed by atoms with E-state index in [0.29, 0.717) is 13.0 Å². The molecule has 1 aliphatic rings. The van der Waals surface area contributed by atoms with Crippen LogP contribution in [0.4, 0.5) is 0 Å². The number of aryl methyl sites for hydroxylation is 2. The average Bonchev–Trinajstić information content (AvgIpc) is 2.43. The van der Waals surface area contributed by atoms with Crippen LogP contribution in [0.5, 0.6) is 0 Å². The van der Waals surface area contributed by atoms with Crippen LogP contribution in [0.1, 0.15) is 36.0 Å². The Morgan fingerprint density at radius 2 is 2.06 bits per heavy atom. The molecule has 98 valence electrons. The third kappa shape index (κ3) is 3.57. The number of hydrogen-bond acceptors (Lipinski definition) is 3. The summed E-state index contributed by atoms with van der Waals surface area (Å²) >= 11 is 0. The first-order chi connectivity index (χ1) is 8.79. The summed E-state index contributed by atoms with van der Waals surface area (Å²) in [6, 6.07) is 6.75. The van der Waals surface area contributed by atoms with Gasteiger partial charge in [0, 0.05) is 13.1 Å². The smallest absolute Gasteiger partial charge is 0.306 e. The largest absolute Gasteiger partial charge is 0.469 e. The van der Waals surface area contributed by atoms with Crippen molar-refractivity contribution in [1.29, 1.82) is 0 Å². The minimum Gasteiger partial charge on any atom is -0.469 e. The van der Waals surface area contributed by atoms with E-state index in [1.54, 1.807) is 0 Å². The van der Waals surface area contributed by atoms with E-state index in [1.807, 2.05) is 0 Å². The molecule has 0 saturated carbocycles. The lowest BCUT2D eigenvalue weighted by molar-refractivity contribution is -0.140. The summed E-state index contributed by atoms with van der Waals surface area (Å²) in [6.45, 7) is 1.49. The van der Waals surface area contributed by atoms with Gasteiger partial charge < -0.3 is 10.1 Å². The molecule has 0 radical (unpaired) electrons. The van der Waals surface area contributed by atoms with Crippen molar-refractivity contribution in [1.82, 2.24) is 5.32 Å². The summed E-state index contributed by atoms with van der Waals surface area (Å²) in [6.07, 6.45) is 5.51. The van der Waals surface area contributed by atoms with Crippen molar-refractivity contribution in [3.8, 4) is 0 Å². The van der Waals surface area contributed by atoms with Gasteiger partial charge in [0.15, 0.2) is 0 Å². The van der Waals surface area contributed by atoms with Gasteiger partial charge in [-0.15, -0.1) is 0 Å². The Morgan fingerprint density at radius 3 is 2.83 bits per heavy atom. The molecule has 18 heavy (non-hydrogen) atoms. The van der Waals surface area contributed by atoms with Crippen LogP contribution in [-0.4, -0.2) is 19.6 Å². The summed E-state index contributed by atoms with van der Waals surface area (Å²) in [7, 11) is 1.42. The van der Waals surface area contributed by atoms with Crippen LogP contribution in [0.3, 0.4) is 0 Å². The van der Waals surface area contributed by atoms with Crippen LogP contribution in [0.2, 0.25) is 0 Å². The number of benzene rings is 1. The fourth-order valence-corrected chi connectivity index (χ4v) is 2.42. The molecule has 1 aliphatic carbocycles. The van der Waals surface area contributed by atoms with Crippen molar-refractivity contribution in [3.63, 3.8) is 0 Å².